The van der Waals surface area contributed by atoms with Crippen molar-refractivity contribution < 1.29 is 24.2 Å². The van der Waals surface area contributed by atoms with Crippen LogP contribution in [0.15, 0.2) is 35.3 Å². The number of aliphatic carboxylic acids is 1. The third-order valence-electron chi connectivity index (χ3n) is 4.40. The topological polar surface area (TPSA) is 122 Å². The Kier molecular flexibility index (Phi) is 4.87. The Balaban J connectivity index is 1.69. The number of allylic oxidation sites excluding steroid dienone is 3. The number of methoxy groups -OCH3 is 1. The average molecular weight is 365 g/mol. The SMILES string of the molecule is COC1=C(C(=O)O)N2C(=O)[C@@H](NC(=O)C(N)C3=CCC=CC3)C2SC1. The van der Waals surface area contributed by atoms with E-state index < -0.39 is 35.2 Å². The minimum Gasteiger partial charge on any atom is -0.498 e. The number of carboxylic acid groups (broad SMARTS) is 1. The summed E-state index contributed by atoms with van der Waals surface area (Å²) < 4.78 is 5.06. The van der Waals surface area contributed by atoms with Crippen molar-refractivity contribution in [1.29, 1.82) is 0 Å². The number of rotatable bonds is 5. The highest BCUT2D eigenvalue weighted by molar-refractivity contribution is 8.00. The van der Waals surface area contributed by atoms with Gasteiger partial charge >= 0.3 is 5.97 Å². The van der Waals surface area contributed by atoms with E-state index in [1.165, 1.54) is 18.9 Å². The Labute approximate surface area is 148 Å². The van der Waals surface area contributed by atoms with Gasteiger partial charge in [0.2, 0.25) is 5.91 Å². The lowest BCUT2D eigenvalue weighted by atomic mass is 9.97. The molecule has 0 saturated carbocycles. The molecule has 2 heterocycles. The molecule has 25 heavy (non-hydrogen) atoms. The van der Waals surface area contributed by atoms with Crippen molar-refractivity contribution in [1.82, 2.24) is 10.2 Å². The van der Waals surface area contributed by atoms with Gasteiger partial charge in [-0.05, 0) is 18.4 Å². The standard InChI is InChI=1S/C16H19N3O5S/c1-24-9-7-25-15-11(14(21)19(15)12(9)16(22)23)18-13(20)10(17)8-5-3-2-4-6-8/h2-3,6,10-11,15H,4-5,7,17H2,1H3,(H,18,20)(H,22,23)/t10?,11-,15?/m1/s1. The quantitative estimate of drug-likeness (QED) is 0.460. The molecule has 9 heteroatoms. The number of thioether (sulfide) groups is 1. The maximum absolute atomic E-state index is 12.4. The van der Waals surface area contributed by atoms with Crippen molar-refractivity contribution in [3.63, 3.8) is 0 Å². The van der Waals surface area contributed by atoms with E-state index in [1.54, 1.807) is 0 Å². The van der Waals surface area contributed by atoms with Crippen molar-refractivity contribution in [2.24, 2.45) is 5.73 Å². The second-order valence-corrected chi connectivity index (χ2v) is 6.95. The fourth-order valence-electron chi connectivity index (χ4n) is 3.03. The highest BCUT2D eigenvalue weighted by Crippen LogP contribution is 2.40. The number of fused-ring (bicyclic) bond motifs is 1. The van der Waals surface area contributed by atoms with E-state index in [4.69, 9.17) is 10.5 Å². The molecule has 8 nitrogen and oxygen atoms in total. The van der Waals surface area contributed by atoms with Gasteiger partial charge in [-0.15, -0.1) is 11.8 Å². The van der Waals surface area contributed by atoms with Crippen LogP contribution in [0.3, 0.4) is 0 Å². The summed E-state index contributed by atoms with van der Waals surface area (Å²) in [4.78, 5) is 37.4. The molecule has 3 aliphatic rings. The van der Waals surface area contributed by atoms with Crippen molar-refractivity contribution in [3.8, 4) is 0 Å². The monoisotopic (exact) mass is 365 g/mol. The number of carboxylic acids is 1. The van der Waals surface area contributed by atoms with Crippen LogP contribution in [0.4, 0.5) is 0 Å². The van der Waals surface area contributed by atoms with E-state index in [9.17, 15) is 19.5 Å². The van der Waals surface area contributed by atoms with Crippen LogP contribution < -0.4 is 11.1 Å². The van der Waals surface area contributed by atoms with E-state index in [1.807, 2.05) is 18.2 Å². The van der Waals surface area contributed by atoms with Crippen LogP contribution in [-0.2, 0) is 19.1 Å². The van der Waals surface area contributed by atoms with Gasteiger partial charge in [0.05, 0.1) is 12.9 Å². The van der Waals surface area contributed by atoms with Crippen molar-refractivity contribution in [2.75, 3.05) is 12.9 Å². The third-order valence-corrected chi connectivity index (χ3v) is 5.65. The first-order valence-electron chi connectivity index (χ1n) is 7.80. The first kappa shape index (κ1) is 17.6. The maximum atomic E-state index is 12.4. The third kappa shape index (κ3) is 3.05. The van der Waals surface area contributed by atoms with E-state index in [2.05, 4.69) is 5.32 Å². The largest absolute Gasteiger partial charge is 0.498 e. The van der Waals surface area contributed by atoms with Crippen LogP contribution in [-0.4, -0.2) is 58.1 Å². The minimum atomic E-state index is -1.23. The zero-order valence-corrected chi connectivity index (χ0v) is 14.4. The first-order valence-corrected chi connectivity index (χ1v) is 8.85. The fourth-order valence-corrected chi connectivity index (χ4v) is 4.34. The van der Waals surface area contributed by atoms with Gasteiger partial charge in [-0.3, -0.25) is 14.5 Å². The molecule has 0 bridgehead atoms. The number of nitrogens with two attached hydrogens (primary N) is 1. The molecule has 0 radical (unpaired) electrons. The second kappa shape index (κ2) is 6.93. The highest BCUT2D eigenvalue weighted by Gasteiger charge is 2.55. The molecule has 1 fully saturated rings. The van der Waals surface area contributed by atoms with Crippen LogP contribution >= 0.6 is 11.8 Å². The van der Waals surface area contributed by atoms with Gasteiger partial charge in [0, 0.05) is 0 Å². The number of nitrogens with one attached hydrogen (secondary N) is 1. The van der Waals surface area contributed by atoms with Crippen LogP contribution in [0.25, 0.3) is 0 Å². The minimum absolute atomic E-state index is 0.161. The molecule has 0 aromatic rings. The smallest absolute Gasteiger partial charge is 0.356 e. The van der Waals surface area contributed by atoms with Crippen LogP contribution in [0, 0.1) is 0 Å². The fraction of sp³-hybridized carbons (Fsp3) is 0.438. The summed E-state index contributed by atoms with van der Waals surface area (Å²) in [5.41, 5.74) is 6.63. The molecule has 0 aromatic carbocycles. The van der Waals surface area contributed by atoms with Crippen molar-refractivity contribution in [3.05, 3.63) is 35.3 Å². The summed E-state index contributed by atoms with van der Waals surface area (Å²) in [5.74, 6) is -1.57. The lowest BCUT2D eigenvalue weighted by molar-refractivity contribution is -0.151. The molecule has 3 atom stereocenters. The molecule has 4 N–H and O–H groups in total. The molecular formula is C16H19N3O5S. The first-order chi connectivity index (χ1) is 12.0. The van der Waals surface area contributed by atoms with Gasteiger partial charge in [-0.2, -0.15) is 0 Å². The van der Waals surface area contributed by atoms with Crippen molar-refractivity contribution in [2.45, 2.75) is 30.3 Å². The van der Waals surface area contributed by atoms with E-state index in [0.29, 0.717) is 12.2 Å². The lowest BCUT2D eigenvalue weighted by Gasteiger charge is -2.49. The van der Waals surface area contributed by atoms with E-state index in [0.717, 1.165) is 16.9 Å². The Bertz CT molecular complexity index is 715. The van der Waals surface area contributed by atoms with Gasteiger partial charge in [0.1, 0.15) is 23.2 Å². The zero-order chi connectivity index (χ0) is 18.1. The summed E-state index contributed by atoms with van der Waals surface area (Å²) in [7, 11) is 1.37. The predicted octanol–water partition coefficient (Wildman–Crippen LogP) is -0.0674. The number of ether oxygens (including phenoxy) is 1. The Hall–Kier alpha value is -2.26. The number of amides is 2. The molecule has 1 saturated heterocycles. The number of β-lactam (4-membered cyclic amide) rings is 1. The zero-order valence-electron chi connectivity index (χ0n) is 13.6. The predicted molar refractivity (Wildman–Crippen MR) is 91.1 cm³/mol. The molecule has 0 aromatic heterocycles. The van der Waals surface area contributed by atoms with E-state index >= 15 is 0 Å². The summed E-state index contributed by atoms with van der Waals surface area (Å²) in [6.07, 6.45) is 7.20. The van der Waals surface area contributed by atoms with Gasteiger partial charge in [0.15, 0.2) is 5.70 Å². The molecule has 2 amide bonds. The van der Waals surface area contributed by atoms with Crippen molar-refractivity contribution >= 4 is 29.5 Å². The van der Waals surface area contributed by atoms with Gasteiger partial charge in [0.25, 0.3) is 5.91 Å². The summed E-state index contributed by atoms with van der Waals surface area (Å²) in [5, 5.41) is 11.5. The molecule has 2 unspecified atom stereocenters. The lowest BCUT2D eigenvalue weighted by Crippen LogP contribution is -2.71. The molecule has 2 aliphatic heterocycles. The molecule has 0 spiro atoms. The summed E-state index contributed by atoms with van der Waals surface area (Å²) in [6, 6.07) is -1.60. The second-order valence-electron chi connectivity index (χ2n) is 5.85. The number of carbonyl (C=O) groups is 3. The normalized spacial score (nSPS) is 26.4. The number of nitrogens with zero attached hydrogens (tertiary/aromatic N) is 1. The molecule has 3 rings (SSSR count). The Morgan fingerprint density at radius 3 is 2.84 bits per heavy atom. The molecule has 134 valence electrons. The van der Waals surface area contributed by atoms with Gasteiger partial charge < -0.3 is 20.9 Å². The summed E-state index contributed by atoms with van der Waals surface area (Å²) >= 11 is 1.35. The van der Waals surface area contributed by atoms with Crippen LogP contribution in [0.1, 0.15) is 12.8 Å². The van der Waals surface area contributed by atoms with Gasteiger partial charge in [-0.25, -0.2) is 4.79 Å². The number of hydrogen-bond acceptors (Lipinski definition) is 6. The molecule has 1 aliphatic carbocycles. The number of hydrogen-bond donors (Lipinski definition) is 3. The summed E-state index contributed by atoms with van der Waals surface area (Å²) in [6.45, 7) is 0. The number of carbonyl (C=O) groups excluding carboxylic acids is 2. The van der Waals surface area contributed by atoms with Crippen LogP contribution in [0.2, 0.25) is 0 Å². The highest BCUT2D eigenvalue weighted by atomic mass is 32.2. The molecular weight excluding hydrogens is 346 g/mol. The van der Waals surface area contributed by atoms with Gasteiger partial charge in [-0.1, -0.05) is 18.2 Å². The van der Waals surface area contributed by atoms with E-state index in [-0.39, 0.29) is 11.5 Å². The Morgan fingerprint density at radius 1 is 1.48 bits per heavy atom. The van der Waals surface area contributed by atoms with Crippen LogP contribution in [0.5, 0.6) is 0 Å². The maximum Gasteiger partial charge on any atom is 0.356 e. The average Bonchev–Trinajstić information content (AvgIpc) is 2.64. The Morgan fingerprint density at radius 2 is 2.24 bits per heavy atom.